The van der Waals surface area contributed by atoms with Crippen molar-refractivity contribution in [2.75, 3.05) is 27.2 Å². The van der Waals surface area contributed by atoms with Gasteiger partial charge in [-0.25, -0.2) is 0 Å². The first-order valence-corrected chi connectivity index (χ1v) is 8.97. The molecule has 0 aromatic carbocycles. The molecule has 0 aliphatic heterocycles. The van der Waals surface area contributed by atoms with E-state index in [-0.39, 0.29) is 30.3 Å². The van der Waals surface area contributed by atoms with E-state index < -0.39 is 12.0 Å². The van der Waals surface area contributed by atoms with Crippen LogP contribution in [0.15, 0.2) is 17.1 Å². The number of carbonyl (C=O) groups is 2. The van der Waals surface area contributed by atoms with Crippen molar-refractivity contribution in [1.82, 2.24) is 14.8 Å². The van der Waals surface area contributed by atoms with Gasteiger partial charge >= 0.3 is 5.97 Å². The van der Waals surface area contributed by atoms with Crippen molar-refractivity contribution >= 4 is 11.9 Å². The highest BCUT2D eigenvalue weighted by atomic mass is 16.4. The standard InChI is InChI=1S/C19H31N3O4/c1-13(2)10-16(19(26)20-8-6-18(24)25)22-12-15(7-9-21(4)5)14(3)11-17(22)23/h11-13,16H,6-10H2,1-5H3,(H,20,26)(H,24,25). The highest BCUT2D eigenvalue weighted by molar-refractivity contribution is 5.80. The molecule has 1 unspecified atom stereocenters. The summed E-state index contributed by atoms with van der Waals surface area (Å²) in [5.74, 6) is -1.07. The molecule has 7 nitrogen and oxygen atoms in total. The summed E-state index contributed by atoms with van der Waals surface area (Å²) in [7, 11) is 3.98. The number of aryl methyl sites for hydroxylation is 1. The van der Waals surface area contributed by atoms with E-state index in [4.69, 9.17) is 5.11 Å². The number of carboxylic acid groups (broad SMARTS) is 1. The van der Waals surface area contributed by atoms with Crippen molar-refractivity contribution in [2.24, 2.45) is 5.92 Å². The lowest BCUT2D eigenvalue weighted by molar-refractivity contribution is -0.137. The molecule has 2 N–H and O–H groups in total. The van der Waals surface area contributed by atoms with Gasteiger partial charge in [0, 0.05) is 25.4 Å². The Hall–Kier alpha value is -2.15. The van der Waals surface area contributed by atoms with Crippen LogP contribution >= 0.6 is 0 Å². The third kappa shape index (κ3) is 7.00. The number of carbonyl (C=O) groups excluding carboxylic acids is 1. The Kier molecular flexibility index (Phi) is 8.51. The molecule has 0 fully saturated rings. The van der Waals surface area contributed by atoms with Crippen LogP contribution in [0, 0.1) is 12.8 Å². The molecular formula is C19H31N3O4. The topological polar surface area (TPSA) is 91.6 Å². The molecule has 0 radical (unpaired) electrons. The number of hydrogen-bond donors (Lipinski definition) is 2. The number of rotatable bonds is 10. The van der Waals surface area contributed by atoms with E-state index in [1.54, 1.807) is 12.3 Å². The SMILES string of the molecule is Cc1cc(=O)n(C(CC(C)C)C(=O)NCCC(=O)O)cc1CCN(C)C. The predicted octanol–water partition coefficient (Wildman–Crippen LogP) is 1.44. The van der Waals surface area contributed by atoms with Crippen LogP contribution in [0.3, 0.4) is 0 Å². The minimum absolute atomic E-state index is 0.0524. The van der Waals surface area contributed by atoms with Crippen molar-refractivity contribution in [1.29, 1.82) is 0 Å². The summed E-state index contributed by atoms with van der Waals surface area (Å²) in [6.07, 6.45) is 2.94. The molecule has 0 spiro atoms. The first kappa shape index (κ1) is 21.9. The molecule has 1 aromatic rings. The summed E-state index contributed by atoms with van der Waals surface area (Å²) in [5, 5.41) is 11.4. The largest absolute Gasteiger partial charge is 0.481 e. The van der Waals surface area contributed by atoms with E-state index in [1.165, 1.54) is 4.57 Å². The van der Waals surface area contributed by atoms with Gasteiger partial charge in [-0.15, -0.1) is 0 Å². The summed E-state index contributed by atoms with van der Waals surface area (Å²) >= 11 is 0. The van der Waals surface area contributed by atoms with Gasteiger partial charge < -0.3 is 19.9 Å². The number of amides is 1. The van der Waals surface area contributed by atoms with Crippen LogP contribution < -0.4 is 10.9 Å². The maximum atomic E-state index is 12.6. The average molecular weight is 365 g/mol. The fraction of sp³-hybridized carbons (Fsp3) is 0.632. The number of carboxylic acids is 1. The Morgan fingerprint density at radius 1 is 1.31 bits per heavy atom. The quantitative estimate of drug-likeness (QED) is 0.655. The Bertz CT molecular complexity index is 680. The number of aromatic nitrogens is 1. The summed E-state index contributed by atoms with van der Waals surface area (Å²) < 4.78 is 1.49. The first-order chi connectivity index (χ1) is 12.1. The van der Waals surface area contributed by atoms with Gasteiger partial charge in [0.25, 0.3) is 5.56 Å². The van der Waals surface area contributed by atoms with Gasteiger partial charge in [0.2, 0.25) is 5.91 Å². The summed E-state index contributed by atoms with van der Waals surface area (Å²) in [6, 6.07) is 0.929. The minimum Gasteiger partial charge on any atom is -0.481 e. The number of pyridine rings is 1. The monoisotopic (exact) mass is 365 g/mol. The van der Waals surface area contributed by atoms with Crippen molar-refractivity contribution in [3.63, 3.8) is 0 Å². The molecule has 0 bridgehead atoms. The van der Waals surface area contributed by atoms with Crippen LogP contribution in [0.5, 0.6) is 0 Å². The van der Waals surface area contributed by atoms with Crippen LogP contribution in [-0.2, 0) is 16.0 Å². The van der Waals surface area contributed by atoms with Gasteiger partial charge in [0.15, 0.2) is 0 Å². The van der Waals surface area contributed by atoms with Crippen molar-refractivity contribution in [3.05, 3.63) is 33.7 Å². The maximum Gasteiger partial charge on any atom is 0.305 e. The maximum absolute atomic E-state index is 12.6. The highest BCUT2D eigenvalue weighted by Crippen LogP contribution is 2.18. The molecular weight excluding hydrogens is 334 g/mol. The van der Waals surface area contributed by atoms with Crippen molar-refractivity contribution in [2.45, 2.75) is 46.1 Å². The molecule has 1 atom stereocenters. The van der Waals surface area contributed by atoms with Crippen molar-refractivity contribution in [3.8, 4) is 0 Å². The van der Waals surface area contributed by atoms with E-state index in [9.17, 15) is 14.4 Å². The zero-order valence-electron chi connectivity index (χ0n) is 16.4. The first-order valence-electron chi connectivity index (χ1n) is 8.97. The molecule has 1 amide bonds. The predicted molar refractivity (Wildman–Crippen MR) is 101 cm³/mol. The Labute approximate surface area is 155 Å². The second-order valence-corrected chi connectivity index (χ2v) is 7.36. The zero-order valence-corrected chi connectivity index (χ0v) is 16.4. The van der Waals surface area contributed by atoms with Crippen LogP contribution in [0.1, 0.15) is 43.9 Å². The third-order valence-electron chi connectivity index (χ3n) is 4.20. The molecule has 1 rings (SSSR count). The van der Waals surface area contributed by atoms with Gasteiger partial charge in [0.05, 0.1) is 6.42 Å². The Morgan fingerprint density at radius 2 is 1.96 bits per heavy atom. The normalized spacial score (nSPS) is 12.4. The minimum atomic E-state index is -0.968. The average Bonchev–Trinajstić information content (AvgIpc) is 2.51. The molecule has 0 saturated carbocycles. The molecule has 7 heteroatoms. The van der Waals surface area contributed by atoms with Crippen LogP contribution in [0.2, 0.25) is 0 Å². The smallest absolute Gasteiger partial charge is 0.305 e. The molecule has 1 heterocycles. The second kappa shape index (κ2) is 10.1. The van der Waals surface area contributed by atoms with E-state index >= 15 is 0 Å². The number of nitrogens with one attached hydrogen (secondary N) is 1. The summed E-state index contributed by atoms with van der Waals surface area (Å²) in [5.41, 5.74) is 1.74. The van der Waals surface area contributed by atoms with Crippen LogP contribution in [-0.4, -0.2) is 53.6 Å². The number of nitrogens with zero attached hydrogens (tertiary/aromatic N) is 2. The second-order valence-electron chi connectivity index (χ2n) is 7.36. The zero-order chi connectivity index (χ0) is 19.9. The fourth-order valence-corrected chi connectivity index (χ4v) is 2.74. The summed E-state index contributed by atoms with van der Waals surface area (Å²) in [6.45, 7) is 6.78. The molecule has 0 aliphatic rings. The lowest BCUT2D eigenvalue weighted by atomic mass is 10.0. The number of hydrogen-bond acceptors (Lipinski definition) is 4. The van der Waals surface area contributed by atoms with Gasteiger partial charge in [0.1, 0.15) is 6.04 Å². The van der Waals surface area contributed by atoms with Gasteiger partial charge in [-0.2, -0.15) is 0 Å². The lowest BCUT2D eigenvalue weighted by Gasteiger charge is -2.23. The Morgan fingerprint density at radius 3 is 2.50 bits per heavy atom. The van der Waals surface area contributed by atoms with Gasteiger partial charge in [-0.1, -0.05) is 13.8 Å². The molecule has 146 valence electrons. The third-order valence-corrected chi connectivity index (χ3v) is 4.20. The number of likely N-dealkylation sites (N-methyl/N-ethyl adjacent to an activating group) is 1. The van der Waals surface area contributed by atoms with E-state index in [0.29, 0.717) is 6.42 Å². The highest BCUT2D eigenvalue weighted by Gasteiger charge is 2.23. The lowest BCUT2D eigenvalue weighted by Crippen LogP contribution is -2.39. The fourth-order valence-electron chi connectivity index (χ4n) is 2.74. The molecule has 0 saturated heterocycles. The van der Waals surface area contributed by atoms with E-state index in [2.05, 4.69) is 10.2 Å². The van der Waals surface area contributed by atoms with Crippen LogP contribution in [0.25, 0.3) is 0 Å². The van der Waals surface area contributed by atoms with E-state index in [0.717, 1.165) is 24.1 Å². The number of aliphatic carboxylic acids is 1. The van der Waals surface area contributed by atoms with E-state index in [1.807, 2.05) is 34.9 Å². The summed E-state index contributed by atoms with van der Waals surface area (Å²) in [4.78, 5) is 37.8. The van der Waals surface area contributed by atoms with Crippen LogP contribution in [0.4, 0.5) is 0 Å². The van der Waals surface area contributed by atoms with Crippen molar-refractivity contribution < 1.29 is 14.7 Å². The Balaban J connectivity index is 3.11. The van der Waals surface area contributed by atoms with Gasteiger partial charge in [-0.05, 0) is 50.9 Å². The molecule has 1 aromatic heterocycles. The van der Waals surface area contributed by atoms with Gasteiger partial charge in [-0.3, -0.25) is 14.4 Å². The molecule has 0 aliphatic carbocycles. The molecule has 26 heavy (non-hydrogen) atoms.